The molecule has 0 radical (unpaired) electrons. The number of amides is 2. The smallest absolute Gasteiger partial charge is 0.410 e. The third-order valence-electron chi connectivity index (χ3n) is 6.00. The normalized spacial score (nSPS) is 23.5. The van der Waals surface area contributed by atoms with Crippen LogP contribution in [0.3, 0.4) is 0 Å². The maximum atomic E-state index is 12.7. The van der Waals surface area contributed by atoms with Crippen molar-refractivity contribution in [3.8, 4) is 0 Å². The van der Waals surface area contributed by atoms with Crippen LogP contribution >= 0.6 is 0 Å². The van der Waals surface area contributed by atoms with E-state index in [0.717, 1.165) is 0 Å². The van der Waals surface area contributed by atoms with Crippen LogP contribution in [0, 0.1) is 16.7 Å². The van der Waals surface area contributed by atoms with Crippen molar-refractivity contribution in [2.45, 2.75) is 73.3 Å². The van der Waals surface area contributed by atoms with E-state index in [1.165, 1.54) is 19.3 Å². The van der Waals surface area contributed by atoms with Crippen molar-refractivity contribution in [1.82, 2.24) is 9.80 Å². The largest absolute Gasteiger partial charge is 0.444 e. The molecule has 1 heterocycles. The quantitative estimate of drug-likeness (QED) is 0.666. The highest BCUT2D eigenvalue weighted by atomic mass is 16.6. The number of nitrogens with zero attached hydrogens (tertiary/aromatic N) is 2. The zero-order valence-corrected chi connectivity index (χ0v) is 18.3. The molecule has 0 unspecified atom stereocenters. The fourth-order valence-electron chi connectivity index (χ4n) is 4.61. The van der Waals surface area contributed by atoms with Crippen LogP contribution < -0.4 is 0 Å². The van der Waals surface area contributed by atoms with E-state index in [1.807, 2.05) is 25.7 Å². The summed E-state index contributed by atoms with van der Waals surface area (Å²) >= 11 is 0. The molecule has 1 saturated heterocycles. The van der Waals surface area contributed by atoms with Gasteiger partial charge in [-0.05, 0) is 56.4 Å². The Balaban J connectivity index is 1.92. The van der Waals surface area contributed by atoms with Gasteiger partial charge in [0.15, 0.2) is 0 Å². The van der Waals surface area contributed by atoms with E-state index in [1.54, 1.807) is 11.0 Å². The molecule has 0 N–H and O–H groups in total. The minimum atomic E-state index is -0.494. The summed E-state index contributed by atoms with van der Waals surface area (Å²) in [4.78, 5) is 28.3. The number of allylic oxidation sites excluding steroid dienone is 1. The van der Waals surface area contributed by atoms with Crippen molar-refractivity contribution in [3.63, 3.8) is 0 Å². The Hall–Kier alpha value is -1.52. The lowest BCUT2D eigenvalue weighted by molar-refractivity contribution is -0.127. The van der Waals surface area contributed by atoms with Crippen LogP contribution in [0.25, 0.3) is 0 Å². The molecule has 0 aromatic rings. The van der Waals surface area contributed by atoms with Gasteiger partial charge in [0.2, 0.25) is 5.91 Å². The Morgan fingerprint density at radius 3 is 1.89 bits per heavy atom. The fourth-order valence-corrected chi connectivity index (χ4v) is 4.61. The third kappa shape index (κ3) is 5.73. The number of hydrogen-bond donors (Lipinski definition) is 0. The molecule has 154 valence electrons. The minimum Gasteiger partial charge on any atom is -0.444 e. The molecule has 0 spiro atoms. The lowest BCUT2D eigenvalue weighted by atomic mass is 9.57. The van der Waals surface area contributed by atoms with Crippen molar-refractivity contribution in [2.75, 3.05) is 26.2 Å². The van der Waals surface area contributed by atoms with Crippen molar-refractivity contribution < 1.29 is 14.3 Å². The van der Waals surface area contributed by atoms with Gasteiger partial charge < -0.3 is 14.5 Å². The molecular formula is C22H38N2O3. The van der Waals surface area contributed by atoms with E-state index in [2.05, 4.69) is 33.8 Å². The van der Waals surface area contributed by atoms with Gasteiger partial charge in [0.1, 0.15) is 5.60 Å². The highest BCUT2D eigenvalue weighted by Gasteiger charge is 2.42. The monoisotopic (exact) mass is 378 g/mol. The van der Waals surface area contributed by atoms with Crippen molar-refractivity contribution in [3.05, 3.63) is 12.2 Å². The Kier molecular flexibility index (Phi) is 6.33. The zero-order valence-electron chi connectivity index (χ0n) is 18.3. The topological polar surface area (TPSA) is 49.9 Å². The van der Waals surface area contributed by atoms with Gasteiger partial charge in [0.25, 0.3) is 0 Å². The van der Waals surface area contributed by atoms with E-state index in [-0.39, 0.29) is 22.8 Å². The molecule has 0 bridgehead atoms. The second kappa shape index (κ2) is 7.84. The minimum absolute atomic E-state index is 0.0519. The number of carbonyl (C=O) groups is 2. The van der Waals surface area contributed by atoms with Gasteiger partial charge >= 0.3 is 6.09 Å². The average Bonchev–Trinajstić information content (AvgIpc) is 2.51. The molecule has 2 amide bonds. The summed E-state index contributed by atoms with van der Waals surface area (Å²) in [5.41, 5.74) is -0.0612. The number of ether oxygens (including phenoxy) is 1. The van der Waals surface area contributed by atoms with Crippen molar-refractivity contribution >= 4 is 12.0 Å². The van der Waals surface area contributed by atoms with E-state index in [0.29, 0.717) is 32.1 Å². The molecule has 2 aliphatic rings. The van der Waals surface area contributed by atoms with Crippen LogP contribution in [0.15, 0.2) is 12.2 Å². The molecule has 5 heteroatoms. The third-order valence-corrected chi connectivity index (χ3v) is 6.00. The van der Waals surface area contributed by atoms with E-state index in [9.17, 15) is 9.59 Å². The lowest BCUT2D eigenvalue weighted by Gasteiger charge is -2.48. The van der Waals surface area contributed by atoms with Gasteiger partial charge in [0, 0.05) is 26.2 Å². The first-order chi connectivity index (χ1) is 12.3. The Labute approximate surface area is 165 Å². The number of piperazine rings is 1. The van der Waals surface area contributed by atoms with Crippen LogP contribution in [-0.4, -0.2) is 53.6 Å². The maximum Gasteiger partial charge on any atom is 0.410 e. The van der Waals surface area contributed by atoms with Crippen LogP contribution in [0.4, 0.5) is 4.79 Å². The summed E-state index contributed by atoms with van der Waals surface area (Å²) in [6.07, 6.45) is 7.27. The van der Waals surface area contributed by atoms with Gasteiger partial charge in [0.05, 0.1) is 0 Å². The van der Waals surface area contributed by atoms with E-state index < -0.39 is 5.60 Å². The standard InChI is InChI=1S/C22H38N2O3/c1-20(2,3)27-19(26)24-15-13-23(14-16-24)18(25)10-9-17-21(4,5)11-8-12-22(17,6)7/h9-10,17H,8,11-16H2,1-7H3. The highest BCUT2D eigenvalue weighted by molar-refractivity contribution is 5.87. The average molecular weight is 379 g/mol. The summed E-state index contributed by atoms with van der Waals surface area (Å²) in [5.74, 6) is 0.446. The highest BCUT2D eigenvalue weighted by Crippen LogP contribution is 2.51. The molecule has 27 heavy (non-hydrogen) atoms. The second-order valence-corrected chi connectivity index (χ2v) is 10.5. The predicted octanol–water partition coefficient (Wildman–Crippen LogP) is 4.47. The maximum absolute atomic E-state index is 12.7. The summed E-state index contributed by atoms with van der Waals surface area (Å²) in [6.45, 7) is 17.0. The molecule has 5 nitrogen and oxygen atoms in total. The Morgan fingerprint density at radius 1 is 0.926 bits per heavy atom. The summed E-state index contributed by atoms with van der Waals surface area (Å²) in [6, 6.07) is 0. The number of carbonyl (C=O) groups excluding carboxylic acids is 2. The molecule has 0 aromatic carbocycles. The molecule has 0 atom stereocenters. The van der Waals surface area contributed by atoms with Crippen LogP contribution in [-0.2, 0) is 9.53 Å². The molecule has 2 fully saturated rings. The Morgan fingerprint density at radius 2 is 1.41 bits per heavy atom. The van der Waals surface area contributed by atoms with Crippen LogP contribution in [0.5, 0.6) is 0 Å². The number of rotatable bonds is 2. The second-order valence-electron chi connectivity index (χ2n) is 10.5. The van der Waals surface area contributed by atoms with Gasteiger partial charge in [-0.1, -0.05) is 40.2 Å². The lowest BCUT2D eigenvalue weighted by Crippen LogP contribution is -2.51. The van der Waals surface area contributed by atoms with E-state index in [4.69, 9.17) is 4.74 Å². The summed E-state index contributed by atoms with van der Waals surface area (Å²) in [7, 11) is 0. The summed E-state index contributed by atoms with van der Waals surface area (Å²) < 4.78 is 5.42. The fraction of sp³-hybridized carbons (Fsp3) is 0.818. The van der Waals surface area contributed by atoms with Crippen LogP contribution in [0.2, 0.25) is 0 Å². The van der Waals surface area contributed by atoms with Gasteiger partial charge in [-0.2, -0.15) is 0 Å². The molecule has 1 saturated carbocycles. The first-order valence-electron chi connectivity index (χ1n) is 10.3. The van der Waals surface area contributed by atoms with Gasteiger partial charge in [-0.25, -0.2) is 4.79 Å². The SMILES string of the molecule is CC(C)(C)OC(=O)N1CCN(C(=O)C=CC2C(C)(C)CCCC2(C)C)CC1. The first-order valence-corrected chi connectivity index (χ1v) is 10.3. The molecule has 0 aromatic heterocycles. The van der Waals surface area contributed by atoms with E-state index >= 15 is 0 Å². The predicted molar refractivity (Wildman–Crippen MR) is 108 cm³/mol. The molecule has 1 aliphatic carbocycles. The van der Waals surface area contributed by atoms with Crippen molar-refractivity contribution in [2.24, 2.45) is 16.7 Å². The summed E-state index contributed by atoms with van der Waals surface area (Å²) in [5, 5.41) is 0. The van der Waals surface area contributed by atoms with Gasteiger partial charge in [-0.3, -0.25) is 4.79 Å². The zero-order chi connectivity index (χ0) is 20.5. The van der Waals surface area contributed by atoms with Crippen molar-refractivity contribution in [1.29, 1.82) is 0 Å². The molecule has 2 rings (SSSR count). The number of hydrogen-bond acceptors (Lipinski definition) is 3. The van der Waals surface area contributed by atoms with Gasteiger partial charge in [-0.15, -0.1) is 0 Å². The Bertz CT molecular complexity index is 563. The first kappa shape index (κ1) is 21.8. The van der Waals surface area contributed by atoms with Crippen LogP contribution in [0.1, 0.15) is 67.7 Å². The molecule has 1 aliphatic heterocycles. The molecular weight excluding hydrogens is 340 g/mol.